The summed E-state index contributed by atoms with van der Waals surface area (Å²) >= 11 is 0. The van der Waals surface area contributed by atoms with Gasteiger partial charge in [-0.15, -0.1) is 0 Å². The molecule has 0 aliphatic rings. The zero-order valence-corrected chi connectivity index (χ0v) is 10.8. The van der Waals surface area contributed by atoms with Gasteiger partial charge in [-0.1, -0.05) is 18.2 Å². The first-order valence-corrected chi connectivity index (χ1v) is 6.25. The van der Waals surface area contributed by atoms with Gasteiger partial charge in [-0.2, -0.15) is 0 Å². The van der Waals surface area contributed by atoms with Gasteiger partial charge in [0, 0.05) is 37.1 Å². The third-order valence-electron chi connectivity index (χ3n) is 3.12. The number of fused-ring (bicyclic) bond motifs is 1. The number of hydrogen-bond acceptors (Lipinski definition) is 3. The first kappa shape index (κ1) is 13.4. The van der Waals surface area contributed by atoms with Crippen molar-refractivity contribution in [3.63, 3.8) is 0 Å². The molecule has 1 atom stereocenters. The summed E-state index contributed by atoms with van der Waals surface area (Å²) in [6, 6.07) is 7.99. The zero-order valence-electron chi connectivity index (χ0n) is 10.8. The van der Waals surface area contributed by atoms with E-state index >= 15 is 0 Å². The highest BCUT2D eigenvalue weighted by molar-refractivity contribution is 5.92. The summed E-state index contributed by atoms with van der Waals surface area (Å²) in [4.78, 5) is 10.4. The van der Waals surface area contributed by atoms with Crippen LogP contribution in [0.15, 0.2) is 30.5 Å². The highest BCUT2D eigenvalue weighted by Gasteiger charge is 2.09. The van der Waals surface area contributed by atoms with Crippen molar-refractivity contribution in [2.24, 2.45) is 7.05 Å². The van der Waals surface area contributed by atoms with Crippen molar-refractivity contribution in [2.75, 3.05) is 11.9 Å². The van der Waals surface area contributed by atoms with Gasteiger partial charge >= 0.3 is 5.97 Å². The van der Waals surface area contributed by atoms with E-state index in [-0.39, 0.29) is 12.8 Å². The van der Waals surface area contributed by atoms with E-state index in [4.69, 9.17) is 5.11 Å². The summed E-state index contributed by atoms with van der Waals surface area (Å²) in [5.74, 6) is -0.885. The maximum Gasteiger partial charge on any atom is 0.303 e. The standard InChI is InChI=1S/C14H18N2O3/c1-16-9-12(11-4-2-3-5-13(11)16)15-8-10(17)6-7-14(18)19/h2-5,9-10,15,17H,6-8H2,1H3,(H,18,19). The SMILES string of the molecule is Cn1cc(NCC(O)CCC(=O)O)c2ccccc21. The van der Waals surface area contributed by atoms with E-state index in [9.17, 15) is 9.90 Å². The van der Waals surface area contributed by atoms with Crippen LogP contribution in [-0.4, -0.2) is 33.4 Å². The molecule has 2 aromatic rings. The van der Waals surface area contributed by atoms with Gasteiger partial charge in [-0.25, -0.2) is 0 Å². The number of carbonyl (C=O) groups is 1. The monoisotopic (exact) mass is 262 g/mol. The molecular weight excluding hydrogens is 244 g/mol. The van der Waals surface area contributed by atoms with Crippen LogP contribution >= 0.6 is 0 Å². The van der Waals surface area contributed by atoms with Crippen LogP contribution in [0.3, 0.4) is 0 Å². The summed E-state index contributed by atoms with van der Waals surface area (Å²) in [5, 5.41) is 22.5. The maximum absolute atomic E-state index is 10.4. The molecule has 0 radical (unpaired) electrons. The molecule has 5 nitrogen and oxygen atoms in total. The normalized spacial score (nSPS) is 12.5. The van der Waals surface area contributed by atoms with Gasteiger partial charge in [0.05, 0.1) is 11.8 Å². The lowest BCUT2D eigenvalue weighted by Crippen LogP contribution is -2.20. The molecule has 3 N–H and O–H groups in total. The molecule has 1 unspecified atom stereocenters. The Balaban J connectivity index is 2.00. The highest BCUT2D eigenvalue weighted by Crippen LogP contribution is 2.24. The molecule has 1 aromatic carbocycles. The van der Waals surface area contributed by atoms with Crippen molar-refractivity contribution in [3.8, 4) is 0 Å². The molecule has 0 aliphatic carbocycles. The number of hydrogen-bond donors (Lipinski definition) is 3. The Morgan fingerprint density at radius 2 is 2.16 bits per heavy atom. The smallest absolute Gasteiger partial charge is 0.303 e. The quantitative estimate of drug-likeness (QED) is 0.742. The molecule has 0 aliphatic heterocycles. The molecule has 0 fully saturated rings. The fourth-order valence-corrected chi connectivity index (χ4v) is 2.10. The molecule has 0 saturated carbocycles. The number of aliphatic carboxylic acids is 1. The van der Waals surface area contributed by atoms with Crippen molar-refractivity contribution >= 4 is 22.6 Å². The third kappa shape index (κ3) is 3.26. The minimum Gasteiger partial charge on any atom is -0.481 e. The number of carboxylic acids is 1. The molecule has 1 aromatic heterocycles. The van der Waals surface area contributed by atoms with Gasteiger partial charge in [0.25, 0.3) is 0 Å². The van der Waals surface area contributed by atoms with E-state index in [0.29, 0.717) is 6.54 Å². The number of para-hydroxylation sites is 1. The number of aliphatic hydroxyl groups excluding tert-OH is 1. The van der Waals surface area contributed by atoms with Gasteiger partial charge in [0.1, 0.15) is 0 Å². The van der Waals surface area contributed by atoms with E-state index in [1.54, 1.807) is 0 Å². The molecule has 0 amide bonds. The predicted molar refractivity (Wildman–Crippen MR) is 74.3 cm³/mol. The van der Waals surface area contributed by atoms with Gasteiger partial charge in [-0.05, 0) is 12.5 Å². The summed E-state index contributed by atoms with van der Waals surface area (Å²) < 4.78 is 2.02. The van der Waals surface area contributed by atoms with Crippen molar-refractivity contribution < 1.29 is 15.0 Å². The van der Waals surface area contributed by atoms with Crippen molar-refractivity contribution in [2.45, 2.75) is 18.9 Å². The van der Waals surface area contributed by atoms with Crippen LogP contribution in [0, 0.1) is 0 Å². The number of nitrogens with one attached hydrogen (secondary N) is 1. The summed E-state index contributed by atoms with van der Waals surface area (Å²) in [6.07, 6.45) is 1.55. The Morgan fingerprint density at radius 3 is 2.89 bits per heavy atom. The average Bonchev–Trinajstić information content (AvgIpc) is 2.71. The second-order valence-corrected chi connectivity index (χ2v) is 4.64. The molecule has 0 saturated heterocycles. The minimum atomic E-state index is -0.885. The largest absolute Gasteiger partial charge is 0.481 e. The number of aliphatic hydroxyl groups is 1. The third-order valence-corrected chi connectivity index (χ3v) is 3.12. The fraction of sp³-hybridized carbons (Fsp3) is 0.357. The Kier molecular flexibility index (Phi) is 4.06. The average molecular weight is 262 g/mol. The van der Waals surface area contributed by atoms with Gasteiger partial charge in [0.15, 0.2) is 0 Å². The number of rotatable bonds is 6. The molecule has 0 spiro atoms. The Labute approximate surface area is 111 Å². The van der Waals surface area contributed by atoms with Crippen LogP contribution in [-0.2, 0) is 11.8 Å². The maximum atomic E-state index is 10.4. The molecule has 0 bridgehead atoms. The first-order chi connectivity index (χ1) is 9.08. The predicted octanol–water partition coefficient (Wildman–Crippen LogP) is 1.82. The van der Waals surface area contributed by atoms with Gasteiger partial charge in [-0.3, -0.25) is 4.79 Å². The number of aromatic nitrogens is 1. The number of carboxylic acid groups (broad SMARTS) is 1. The topological polar surface area (TPSA) is 74.5 Å². The Bertz CT molecular complexity index is 577. The van der Waals surface area contributed by atoms with Crippen LogP contribution in [0.4, 0.5) is 5.69 Å². The van der Waals surface area contributed by atoms with Crippen molar-refractivity contribution in [1.29, 1.82) is 0 Å². The van der Waals surface area contributed by atoms with Crippen LogP contribution in [0.2, 0.25) is 0 Å². The number of aryl methyl sites for hydroxylation is 1. The molecule has 2 rings (SSSR count). The number of nitrogens with zero attached hydrogens (tertiary/aromatic N) is 1. The molecule has 102 valence electrons. The Hall–Kier alpha value is -2.01. The van der Waals surface area contributed by atoms with Gasteiger partial charge in [0.2, 0.25) is 0 Å². The van der Waals surface area contributed by atoms with E-state index in [2.05, 4.69) is 5.32 Å². The fourth-order valence-electron chi connectivity index (χ4n) is 2.10. The summed E-state index contributed by atoms with van der Waals surface area (Å²) in [6.45, 7) is 0.348. The van der Waals surface area contributed by atoms with Crippen LogP contribution in [0.5, 0.6) is 0 Å². The lowest BCUT2D eigenvalue weighted by molar-refractivity contribution is -0.137. The lowest BCUT2D eigenvalue weighted by Gasteiger charge is -2.10. The van der Waals surface area contributed by atoms with Gasteiger partial charge < -0.3 is 20.1 Å². The van der Waals surface area contributed by atoms with Crippen LogP contribution in [0.25, 0.3) is 10.9 Å². The van der Waals surface area contributed by atoms with Crippen molar-refractivity contribution in [3.05, 3.63) is 30.5 Å². The van der Waals surface area contributed by atoms with E-state index in [1.165, 1.54) is 0 Å². The van der Waals surface area contributed by atoms with E-state index in [1.807, 2.05) is 42.1 Å². The lowest BCUT2D eigenvalue weighted by atomic mass is 10.2. The van der Waals surface area contributed by atoms with Crippen molar-refractivity contribution in [1.82, 2.24) is 4.57 Å². The molecular formula is C14H18N2O3. The highest BCUT2D eigenvalue weighted by atomic mass is 16.4. The van der Waals surface area contributed by atoms with E-state index in [0.717, 1.165) is 16.6 Å². The minimum absolute atomic E-state index is 0.0155. The number of benzene rings is 1. The zero-order chi connectivity index (χ0) is 13.8. The Morgan fingerprint density at radius 1 is 1.42 bits per heavy atom. The summed E-state index contributed by atoms with van der Waals surface area (Å²) in [5.41, 5.74) is 2.07. The first-order valence-electron chi connectivity index (χ1n) is 6.25. The second kappa shape index (κ2) is 5.75. The van der Waals surface area contributed by atoms with E-state index < -0.39 is 12.1 Å². The van der Waals surface area contributed by atoms with Crippen LogP contribution in [0.1, 0.15) is 12.8 Å². The molecule has 19 heavy (non-hydrogen) atoms. The second-order valence-electron chi connectivity index (χ2n) is 4.64. The molecule has 5 heteroatoms. The number of anilines is 1. The van der Waals surface area contributed by atoms with Crippen LogP contribution < -0.4 is 5.32 Å². The summed E-state index contributed by atoms with van der Waals surface area (Å²) in [7, 11) is 1.97. The molecule has 1 heterocycles.